The molecule has 0 radical (unpaired) electrons. The van der Waals surface area contributed by atoms with Gasteiger partial charge in [-0.05, 0) is 42.0 Å². The Bertz CT molecular complexity index is 1250. The Hall–Kier alpha value is -4.21. The normalized spacial score (nSPS) is 10.9. The van der Waals surface area contributed by atoms with Crippen LogP contribution in [0.5, 0.6) is 0 Å². The number of fused-ring (bicyclic) bond motifs is 1. The number of nitrogens with zero attached hydrogens (tertiary/aromatic N) is 1. The van der Waals surface area contributed by atoms with E-state index in [4.69, 9.17) is 4.74 Å². The van der Waals surface area contributed by atoms with Gasteiger partial charge in [-0.1, -0.05) is 73.5 Å². The summed E-state index contributed by atoms with van der Waals surface area (Å²) < 4.78 is 9.80. The van der Waals surface area contributed by atoms with E-state index in [1.807, 2.05) is 66.7 Å². The van der Waals surface area contributed by atoms with Crippen molar-refractivity contribution in [1.29, 1.82) is 0 Å². The molecule has 0 aliphatic carbocycles. The number of unbranched alkanes of at least 4 members (excludes halogenated alkanes) is 3. The van der Waals surface area contributed by atoms with Crippen molar-refractivity contribution in [1.82, 2.24) is 10.4 Å². The number of hydroxylamine groups is 2. The van der Waals surface area contributed by atoms with Crippen LogP contribution in [-0.4, -0.2) is 48.4 Å². The van der Waals surface area contributed by atoms with Crippen LogP contribution in [-0.2, 0) is 32.2 Å². The Labute approximate surface area is 228 Å². The largest absolute Gasteiger partial charge is 0.466 e. The molecule has 0 fully saturated rings. The SMILES string of the molecule is COC(=O)/C=C/C(=O)N(O)CCCCCCNCc1ccc(COC(=O)Nc2cccc3ccccc23)cc1. The maximum absolute atomic E-state index is 12.3. The van der Waals surface area contributed by atoms with Gasteiger partial charge < -0.3 is 14.8 Å². The number of benzene rings is 3. The zero-order chi connectivity index (χ0) is 27.9. The fourth-order valence-corrected chi connectivity index (χ4v) is 3.88. The van der Waals surface area contributed by atoms with Gasteiger partial charge in [0.1, 0.15) is 6.61 Å². The average Bonchev–Trinajstić information content (AvgIpc) is 2.96. The number of rotatable bonds is 14. The first-order chi connectivity index (χ1) is 19.0. The second-order valence-corrected chi connectivity index (χ2v) is 8.95. The zero-order valence-electron chi connectivity index (χ0n) is 22.1. The first-order valence-electron chi connectivity index (χ1n) is 12.9. The molecule has 39 heavy (non-hydrogen) atoms. The molecule has 0 unspecified atom stereocenters. The average molecular weight is 534 g/mol. The predicted molar refractivity (Wildman–Crippen MR) is 149 cm³/mol. The van der Waals surface area contributed by atoms with Crippen LogP contribution in [0.4, 0.5) is 10.5 Å². The van der Waals surface area contributed by atoms with E-state index in [0.29, 0.717) is 11.5 Å². The van der Waals surface area contributed by atoms with E-state index in [2.05, 4.69) is 15.4 Å². The van der Waals surface area contributed by atoms with Crippen LogP contribution < -0.4 is 10.6 Å². The van der Waals surface area contributed by atoms with E-state index < -0.39 is 18.0 Å². The molecule has 0 saturated heterocycles. The summed E-state index contributed by atoms with van der Waals surface area (Å²) in [6.07, 6.45) is 4.94. The molecule has 206 valence electrons. The standard InChI is InChI=1S/C30H35N3O6/c1-38-29(35)18-17-28(34)33(37)20-7-3-2-6-19-31-21-23-13-15-24(16-14-23)22-39-30(36)32-27-12-8-10-25-9-4-5-11-26(25)27/h4-5,8-18,31,37H,2-3,6-7,19-22H2,1H3,(H,32,36)/b18-17+. The van der Waals surface area contributed by atoms with Crippen molar-refractivity contribution in [2.45, 2.75) is 38.8 Å². The van der Waals surface area contributed by atoms with Crippen LogP contribution in [0.3, 0.4) is 0 Å². The van der Waals surface area contributed by atoms with Gasteiger partial charge in [-0.3, -0.25) is 15.3 Å². The summed E-state index contributed by atoms with van der Waals surface area (Å²) in [4.78, 5) is 34.9. The molecule has 2 amide bonds. The quantitative estimate of drug-likeness (QED) is 0.0859. The van der Waals surface area contributed by atoms with E-state index >= 15 is 0 Å². The molecular formula is C30H35N3O6. The first-order valence-corrected chi connectivity index (χ1v) is 12.9. The number of carbonyl (C=O) groups is 3. The van der Waals surface area contributed by atoms with Crippen LogP contribution in [0.2, 0.25) is 0 Å². The molecule has 3 rings (SSSR count). The van der Waals surface area contributed by atoms with E-state index in [0.717, 1.165) is 72.1 Å². The van der Waals surface area contributed by atoms with Gasteiger partial charge in [0.2, 0.25) is 0 Å². The van der Waals surface area contributed by atoms with E-state index in [1.54, 1.807) is 0 Å². The van der Waals surface area contributed by atoms with Gasteiger partial charge >= 0.3 is 12.1 Å². The van der Waals surface area contributed by atoms with Crippen molar-refractivity contribution in [2.75, 3.05) is 25.5 Å². The maximum Gasteiger partial charge on any atom is 0.411 e. The maximum atomic E-state index is 12.3. The van der Waals surface area contributed by atoms with E-state index in [-0.39, 0.29) is 13.2 Å². The molecule has 0 aliphatic heterocycles. The molecule has 9 nitrogen and oxygen atoms in total. The van der Waals surface area contributed by atoms with Gasteiger partial charge in [0.05, 0.1) is 12.8 Å². The number of ether oxygens (including phenoxy) is 2. The van der Waals surface area contributed by atoms with Crippen molar-refractivity contribution < 1.29 is 29.1 Å². The number of methoxy groups -OCH3 is 1. The lowest BCUT2D eigenvalue weighted by Crippen LogP contribution is -2.26. The second-order valence-electron chi connectivity index (χ2n) is 8.95. The van der Waals surface area contributed by atoms with Gasteiger partial charge in [-0.25, -0.2) is 14.7 Å². The number of esters is 1. The molecule has 0 saturated carbocycles. The minimum atomic E-state index is -0.649. The number of hydrogen-bond acceptors (Lipinski definition) is 7. The van der Waals surface area contributed by atoms with Crippen molar-refractivity contribution in [3.8, 4) is 0 Å². The number of anilines is 1. The van der Waals surface area contributed by atoms with Gasteiger partial charge in [0, 0.05) is 30.6 Å². The lowest BCUT2D eigenvalue weighted by Gasteiger charge is -2.12. The van der Waals surface area contributed by atoms with Crippen molar-refractivity contribution >= 4 is 34.4 Å². The van der Waals surface area contributed by atoms with Crippen LogP contribution in [0.25, 0.3) is 10.8 Å². The summed E-state index contributed by atoms with van der Waals surface area (Å²) in [5, 5.41) is 18.5. The fraction of sp³-hybridized carbons (Fsp3) is 0.300. The molecule has 9 heteroatoms. The first kappa shape index (κ1) is 29.3. The second kappa shape index (κ2) is 15.9. The van der Waals surface area contributed by atoms with E-state index in [1.165, 1.54) is 7.11 Å². The third-order valence-electron chi connectivity index (χ3n) is 6.04. The third-order valence-corrected chi connectivity index (χ3v) is 6.04. The lowest BCUT2D eigenvalue weighted by molar-refractivity contribution is -0.159. The predicted octanol–water partition coefficient (Wildman–Crippen LogP) is 5.19. The van der Waals surface area contributed by atoms with Crippen LogP contribution in [0, 0.1) is 0 Å². The molecule has 3 aromatic carbocycles. The molecular weight excluding hydrogens is 498 g/mol. The molecule has 0 atom stereocenters. The number of carbonyl (C=O) groups excluding carboxylic acids is 3. The third kappa shape index (κ3) is 10.2. The van der Waals surface area contributed by atoms with Crippen LogP contribution in [0.1, 0.15) is 36.8 Å². The summed E-state index contributed by atoms with van der Waals surface area (Å²) in [6.45, 7) is 1.97. The number of amides is 2. The van der Waals surface area contributed by atoms with Crippen LogP contribution in [0.15, 0.2) is 78.9 Å². The highest BCUT2D eigenvalue weighted by Crippen LogP contribution is 2.23. The topological polar surface area (TPSA) is 117 Å². The van der Waals surface area contributed by atoms with Crippen LogP contribution >= 0.6 is 0 Å². The summed E-state index contributed by atoms with van der Waals surface area (Å²) >= 11 is 0. The summed E-state index contributed by atoms with van der Waals surface area (Å²) in [5.41, 5.74) is 2.76. The monoisotopic (exact) mass is 533 g/mol. The summed E-state index contributed by atoms with van der Waals surface area (Å²) in [7, 11) is 1.22. The smallest absolute Gasteiger partial charge is 0.411 e. The molecule has 0 bridgehead atoms. The minimum absolute atomic E-state index is 0.183. The van der Waals surface area contributed by atoms with E-state index in [9.17, 15) is 19.6 Å². The highest BCUT2D eigenvalue weighted by molar-refractivity contribution is 6.00. The number of nitrogens with one attached hydrogen (secondary N) is 2. The van der Waals surface area contributed by atoms with Gasteiger partial charge in [-0.2, -0.15) is 0 Å². The molecule has 0 aromatic heterocycles. The van der Waals surface area contributed by atoms with Crippen molar-refractivity contribution in [3.05, 3.63) is 90.0 Å². The van der Waals surface area contributed by atoms with Crippen molar-refractivity contribution in [3.63, 3.8) is 0 Å². The molecule has 3 aromatic rings. The van der Waals surface area contributed by atoms with Gasteiger partial charge in [0.15, 0.2) is 0 Å². The fourth-order valence-electron chi connectivity index (χ4n) is 3.88. The Balaban J connectivity index is 1.26. The molecule has 0 heterocycles. The highest BCUT2D eigenvalue weighted by atomic mass is 16.5. The highest BCUT2D eigenvalue weighted by Gasteiger charge is 2.08. The molecule has 0 aliphatic rings. The lowest BCUT2D eigenvalue weighted by atomic mass is 10.1. The zero-order valence-corrected chi connectivity index (χ0v) is 22.1. The Morgan fingerprint density at radius 2 is 1.59 bits per heavy atom. The summed E-state index contributed by atoms with van der Waals surface area (Å²) in [6, 6.07) is 21.5. The summed E-state index contributed by atoms with van der Waals surface area (Å²) in [5.74, 6) is -1.30. The Kier molecular flexibility index (Phi) is 12.0. The molecule has 0 spiro atoms. The van der Waals surface area contributed by atoms with Crippen molar-refractivity contribution in [2.24, 2.45) is 0 Å². The van der Waals surface area contributed by atoms with Gasteiger partial charge in [-0.15, -0.1) is 0 Å². The molecule has 3 N–H and O–H groups in total. The minimum Gasteiger partial charge on any atom is -0.466 e. The Morgan fingerprint density at radius 3 is 2.38 bits per heavy atom. The van der Waals surface area contributed by atoms with Gasteiger partial charge in [0.25, 0.3) is 5.91 Å². The number of hydrogen-bond donors (Lipinski definition) is 3. The Morgan fingerprint density at radius 1 is 0.872 bits per heavy atom.